The molecule has 16 atom stereocenters. The third-order valence-corrected chi connectivity index (χ3v) is 22.8. The zero-order valence-corrected chi connectivity index (χ0v) is 70.0. The first-order chi connectivity index (χ1) is 55.9. The number of piperidine rings is 1. The summed E-state index contributed by atoms with van der Waals surface area (Å²) < 4.78 is 66.0. The van der Waals surface area contributed by atoms with Crippen LogP contribution in [0, 0.1) is 35.5 Å². The number of ether oxygens (including phenoxy) is 11. The number of fused-ring (bicyclic) bond motifs is 5. The summed E-state index contributed by atoms with van der Waals surface area (Å²) in [5, 5.41) is 58.3. The number of cyclic esters (lactones) is 1. The summed E-state index contributed by atoms with van der Waals surface area (Å²) in [6, 6.07) is 2.82. The van der Waals surface area contributed by atoms with Gasteiger partial charge in [0.05, 0.1) is 114 Å². The number of Topliss-reactive ketones (excluding diaryl/α,β-unsaturated/α-hetero) is 3. The molecule has 3 aliphatic heterocycles. The fourth-order valence-corrected chi connectivity index (χ4v) is 15.8. The number of aliphatic hydroxyl groups is 4. The van der Waals surface area contributed by atoms with Crippen LogP contribution in [0.15, 0.2) is 83.6 Å². The van der Waals surface area contributed by atoms with Crippen LogP contribution in [0.5, 0.6) is 0 Å². The average Bonchev–Trinajstić information content (AvgIpc) is 1.56. The van der Waals surface area contributed by atoms with Gasteiger partial charge in [-0.25, -0.2) is 24.4 Å². The van der Waals surface area contributed by atoms with Crippen LogP contribution in [0.3, 0.4) is 0 Å². The normalized spacial score (nSPS) is 28.9. The molecule has 3 fully saturated rings. The second-order valence-electron chi connectivity index (χ2n) is 31.8. The van der Waals surface area contributed by atoms with Crippen molar-refractivity contribution in [2.24, 2.45) is 40.7 Å². The lowest BCUT2D eigenvalue weighted by Gasteiger charge is -2.43. The lowest BCUT2D eigenvalue weighted by molar-refractivity contribution is -0.265. The van der Waals surface area contributed by atoms with Gasteiger partial charge >= 0.3 is 5.97 Å². The van der Waals surface area contributed by atoms with Crippen molar-refractivity contribution < 1.29 is 101 Å². The summed E-state index contributed by atoms with van der Waals surface area (Å²) in [5.74, 6) is -6.97. The van der Waals surface area contributed by atoms with E-state index in [1.54, 1.807) is 47.3 Å². The molecule has 1 aliphatic carbocycles. The number of anilines is 1. The van der Waals surface area contributed by atoms with Crippen LogP contribution in [-0.4, -0.2) is 264 Å². The van der Waals surface area contributed by atoms with Crippen LogP contribution in [0.1, 0.15) is 170 Å². The molecule has 2 bridgehead atoms. The van der Waals surface area contributed by atoms with Crippen LogP contribution in [0.2, 0.25) is 0 Å². The minimum absolute atomic E-state index is 0.0193. The Kier molecular flexibility index (Phi) is 40.2. The number of carbonyl (C=O) groups is 5. The number of aromatic amines is 1. The number of aliphatic hydroxyl groups excluding tert-OH is 3. The number of amides is 1. The molecule has 1 saturated carbocycles. The Labute approximate surface area is 683 Å². The molecular formula is C86H131N9O21. The van der Waals surface area contributed by atoms with Crippen LogP contribution >= 0.6 is 0 Å². The third kappa shape index (κ3) is 28.8. The molecule has 646 valence electrons. The van der Waals surface area contributed by atoms with Crippen molar-refractivity contribution in [1.29, 1.82) is 0 Å². The minimum Gasteiger partial charge on any atom is -0.460 e. The van der Waals surface area contributed by atoms with E-state index < -0.39 is 84.1 Å². The molecule has 7 N–H and O–H groups in total. The number of hydrogen-bond donors (Lipinski definition) is 6. The minimum atomic E-state index is -2.46. The number of H-pyrrole nitrogens is 1. The van der Waals surface area contributed by atoms with Gasteiger partial charge in [0.25, 0.3) is 11.7 Å². The Morgan fingerprint density at radius 3 is 2.13 bits per heavy atom. The standard InChI is InChI=1S/C86H131N9O21/c1-56-20-13-11-14-21-57(2)72(105-8)51-68-27-25-62(7)86(104,116-68)80(101)84(102)94-32-18-16-24-69(94)85(103)115-73(59(4)48-63-26-28-70(98)74(49-63)106-9)52-71(99)58(3)47-61(6)78(100)79(107-10)76(60(5)46-56)93-114-54-67(97)23-19-34-108-36-38-110-40-42-112-44-45-113-43-41-111-39-37-109-35-30-66(96)22-15-12-17-33-95-83-75(81(87)90-55-91-83)77(92-95)65-50-64-29-31-88-82(64)89-53-65/h11,13-14,20-21,29,31,47,50,53,55-56,58-60,62-63,68-74,78-79,98-100,104H,12,15-19,22-28,30,32-46,48-49,51-52,54H2,1-10H3,(H,88,89)(H2,87,90,91)/b14-11+,20-13+,57-21+,61-47+,93-76?/t56-,58-,59-,60-,62-,63+,68+,69+,70-,71-,72+,73+,74-,78-,79+,86-/m1/s1. The third-order valence-electron chi connectivity index (χ3n) is 22.8. The molecular weight excluding hydrogens is 1490 g/mol. The van der Waals surface area contributed by atoms with Crippen LogP contribution in [0.25, 0.3) is 33.3 Å². The molecule has 7 heterocycles. The van der Waals surface area contributed by atoms with Crippen molar-refractivity contribution in [2.45, 2.75) is 238 Å². The van der Waals surface area contributed by atoms with Gasteiger partial charge in [0.15, 0.2) is 18.0 Å². The molecule has 0 aromatic carbocycles. The Hall–Kier alpha value is -7.14. The van der Waals surface area contributed by atoms with Gasteiger partial charge in [-0.1, -0.05) is 82.7 Å². The predicted molar refractivity (Wildman–Crippen MR) is 437 cm³/mol. The molecule has 2 saturated heterocycles. The highest BCUT2D eigenvalue weighted by molar-refractivity contribution is 6.39. The number of aryl methyl sites for hydroxylation is 1. The maximum Gasteiger partial charge on any atom is 0.329 e. The number of allylic oxidation sites excluding steroid dienone is 5. The highest BCUT2D eigenvalue weighted by Gasteiger charge is 2.53. The smallest absolute Gasteiger partial charge is 0.329 e. The number of aromatic nitrogens is 6. The molecule has 0 unspecified atom stereocenters. The van der Waals surface area contributed by atoms with Gasteiger partial charge in [0.2, 0.25) is 5.79 Å². The molecule has 30 heteroatoms. The van der Waals surface area contributed by atoms with Crippen molar-refractivity contribution in [3.05, 3.63) is 78.5 Å². The summed E-state index contributed by atoms with van der Waals surface area (Å²) in [5.41, 5.74) is 11.0. The first kappa shape index (κ1) is 94.3. The fourth-order valence-electron chi connectivity index (χ4n) is 15.8. The summed E-state index contributed by atoms with van der Waals surface area (Å²) in [6.45, 7) is 17.9. The largest absolute Gasteiger partial charge is 0.460 e. The number of nitrogens with one attached hydrogen (secondary N) is 1. The van der Waals surface area contributed by atoms with Crippen molar-refractivity contribution in [3.8, 4) is 11.3 Å². The molecule has 4 aromatic heterocycles. The quantitative estimate of drug-likeness (QED) is 0.00799. The number of unbranched alkanes of at least 4 members (excludes halogenated alkanes) is 2. The molecule has 0 spiro atoms. The fraction of sp³-hybridized carbons (Fsp3) is 0.698. The van der Waals surface area contributed by atoms with Crippen molar-refractivity contribution in [2.75, 3.05) is 119 Å². The molecule has 8 rings (SSSR count). The lowest BCUT2D eigenvalue weighted by Crippen LogP contribution is -2.61. The first-order valence-corrected chi connectivity index (χ1v) is 41.8. The number of nitrogens with two attached hydrogens (primary N) is 1. The van der Waals surface area contributed by atoms with E-state index in [-0.39, 0.29) is 73.8 Å². The summed E-state index contributed by atoms with van der Waals surface area (Å²) in [6.07, 6.45) is 19.4. The van der Waals surface area contributed by atoms with E-state index in [9.17, 15) is 44.4 Å². The summed E-state index contributed by atoms with van der Waals surface area (Å²) in [7, 11) is 4.62. The van der Waals surface area contributed by atoms with E-state index in [4.69, 9.17) is 67.8 Å². The number of methoxy groups -OCH3 is 3. The number of pyridine rings is 1. The topological polar surface area (TPSA) is 391 Å². The lowest BCUT2D eigenvalue weighted by atomic mass is 9.78. The second-order valence-corrected chi connectivity index (χ2v) is 31.8. The highest BCUT2D eigenvalue weighted by atomic mass is 16.6. The second kappa shape index (κ2) is 49.4. The number of nitrogens with zero attached hydrogens (tertiary/aromatic N) is 7. The summed E-state index contributed by atoms with van der Waals surface area (Å²) in [4.78, 5) is 92.8. The van der Waals surface area contributed by atoms with Gasteiger partial charge in [0.1, 0.15) is 53.6 Å². The number of carbonyl (C=O) groups excluding carboxylic acids is 5. The maximum atomic E-state index is 14.7. The Morgan fingerprint density at radius 2 is 1.43 bits per heavy atom. The van der Waals surface area contributed by atoms with E-state index >= 15 is 0 Å². The molecule has 4 aromatic rings. The van der Waals surface area contributed by atoms with Crippen molar-refractivity contribution >= 4 is 62.8 Å². The number of oxime groups is 1. The molecule has 1 amide bonds. The first-order valence-electron chi connectivity index (χ1n) is 41.8. The van der Waals surface area contributed by atoms with E-state index in [1.807, 2.05) is 74.2 Å². The van der Waals surface area contributed by atoms with Crippen LogP contribution in [0.4, 0.5) is 5.82 Å². The molecule has 4 aliphatic rings. The Bertz CT molecular complexity index is 3840. The number of esters is 1. The summed E-state index contributed by atoms with van der Waals surface area (Å²) >= 11 is 0. The number of hydrogen-bond acceptors (Lipinski definition) is 27. The van der Waals surface area contributed by atoms with Gasteiger partial charge in [-0.15, -0.1) is 0 Å². The molecule has 0 radical (unpaired) electrons. The Balaban J connectivity index is 0.736. The molecule has 30 nitrogen and oxygen atoms in total. The van der Waals surface area contributed by atoms with E-state index in [2.05, 4.69) is 32.0 Å². The van der Waals surface area contributed by atoms with Gasteiger partial charge in [-0.2, -0.15) is 5.10 Å². The van der Waals surface area contributed by atoms with E-state index in [1.165, 1.54) is 18.3 Å². The number of nitrogen functional groups attached to an aromatic ring is 1. The van der Waals surface area contributed by atoms with Gasteiger partial charge < -0.3 is 93.0 Å². The zero-order chi connectivity index (χ0) is 83.5. The van der Waals surface area contributed by atoms with E-state index in [0.29, 0.717) is 203 Å². The monoisotopic (exact) mass is 1630 g/mol. The van der Waals surface area contributed by atoms with Gasteiger partial charge in [-0.3, -0.25) is 19.2 Å². The Morgan fingerprint density at radius 1 is 0.733 bits per heavy atom. The number of rotatable bonds is 38. The predicted octanol–water partition coefficient (Wildman–Crippen LogP) is 9.71. The van der Waals surface area contributed by atoms with Gasteiger partial charge in [0, 0.05) is 114 Å². The van der Waals surface area contributed by atoms with Gasteiger partial charge in [-0.05, 0) is 138 Å². The highest BCUT2D eigenvalue weighted by Crippen LogP contribution is 2.39. The van der Waals surface area contributed by atoms with E-state index in [0.717, 1.165) is 41.4 Å². The van der Waals surface area contributed by atoms with Crippen LogP contribution in [-0.2, 0) is 87.5 Å². The average molecular weight is 1630 g/mol. The van der Waals surface area contributed by atoms with Crippen molar-refractivity contribution in [1.82, 2.24) is 34.6 Å². The number of ketones is 3. The maximum absolute atomic E-state index is 14.7. The molecule has 116 heavy (non-hydrogen) atoms. The SMILES string of the molecule is CO[C@H]1C[C@@H]2CC[C@@H](C)[C@@](O)(O2)C(=O)C(=O)N2CCCC[C@H]2C(=O)O[C@H]([C@H](C)C[C@@H]2CC[C@@H](O)[C@H](OC)C2)C[C@@H](O)[C@H](C)/C=C(\C)[C@@H](O)[C@@H](OC)C(=NOCC(=O)CCCOCCOCCOCCOCCOCCOCCC(=O)CCCCCn2nc(-c3cnc4[nH]ccc4c3)c3c(N)ncnc32)[C@H](C)C[C@H](C)/C=C/C=C/C=C/1C. The zero-order valence-electron chi connectivity index (χ0n) is 70.0. The van der Waals surface area contributed by atoms with Crippen LogP contribution < -0.4 is 5.73 Å². The van der Waals surface area contributed by atoms with Crippen molar-refractivity contribution in [3.63, 3.8) is 0 Å².